The molecule has 2 aliphatic rings. The van der Waals surface area contributed by atoms with Crippen molar-refractivity contribution in [3.8, 4) is 0 Å². The van der Waals surface area contributed by atoms with E-state index in [-0.39, 0.29) is 12.1 Å². The highest BCUT2D eigenvalue weighted by molar-refractivity contribution is 5.92. The molecule has 0 spiro atoms. The third kappa shape index (κ3) is 2.50. The maximum atomic E-state index is 12.4. The Balaban J connectivity index is 1.85. The lowest BCUT2D eigenvalue weighted by atomic mass is 9.86. The summed E-state index contributed by atoms with van der Waals surface area (Å²) in [6.45, 7) is 0. The van der Waals surface area contributed by atoms with Gasteiger partial charge in [-0.15, -0.1) is 0 Å². The fourth-order valence-electron chi connectivity index (χ4n) is 3.72. The Morgan fingerprint density at radius 1 is 1.14 bits per heavy atom. The molecule has 2 saturated heterocycles. The van der Waals surface area contributed by atoms with Gasteiger partial charge in [-0.3, -0.25) is 0 Å². The van der Waals surface area contributed by atoms with Gasteiger partial charge in [0.25, 0.3) is 0 Å². The fraction of sp³-hybridized carbons (Fsp3) is 0.529. The molecule has 2 aliphatic heterocycles. The van der Waals surface area contributed by atoms with Crippen LogP contribution in [0.1, 0.15) is 36.0 Å². The molecule has 2 heterocycles. The number of ether oxygens (including phenoxy) is 2. The van der Waals surface area contributed by atoms with Crippen LogP contribution in [0.25, 0.3) is 0 Å². The number of nitrogens with zero attached hydrogens (tertiary/aromatic N) is 1. The minimum atomic E-state index is -1.15. The molecule has 3 rings (SSSR count). The molecule has 1 aromatic carbocycles. The van der Waals surface area contributed by atoms with Gasteiger partial charge in [-0.2, -0.15) is 0 Å². The smallest absolute Gasteiger partial charge is 0.350 e. The minimum Gasteiger partial charge on any atom is -0.466 e. The molecule has 2 fully saturated rings. The Morgan fingerprint density at radius 3 is 2.27 bits per heavy atom. The first-order chi connectivity index (χ1) is 10.6. The number of methoxy groups -OCH3 is 1. The topological polar surface area (TPSA) is 55.8 Å². The van der Waals surface area contributed by atoms with Gasteiger partial charge < -0.3 is 14.4 Å². The van der Waals surface area contributed by atoms with Crippen molar-refractivity contribution in [1.29, 1.82) is 0 Å². The van der Waals surface area contributed by atoms with E-state index >= 15 is 0 Å². The van der Waals surface area contributed by atoms with Crippen LogP contribution in [0, 0.1) is 0 Å². The van der Waals surface area contributed by atoms with Crippen LogP contribution in [0.15, 0.2) is 30.3 Å². The van der Waals surface area contributed by atoms with Crippen LogP contribution in [-0.2, 0) is 14.3 Å². The number of benzene rings is 1. The summed E-state index contributed by atoms with van der Waals surface area (Å²) in [6, 6.07) is 9.30. The van der Waals surface area contributed by atoms with E-state index < -0.39 is 17.5 Å². The summed E-state index contributed by atoms with van der Waals surface area (Å²) in [4.78, 5) is 27.1. The molecule has 0 saturated carbocycles. The highest BCUT2D eigenvalue weighted by atomic mass is 16.6. The molecular formula is C17H21NO4. The fourth-order valence-corrected chi connectivity index (χ4v) is 3.72. The lowest BCUT2D eigenvalue weighted by Gasteiger charge is -2.42. The maximum absolute atomic E-state index is 12.4. The quantitative estimate of drug-likeness (QED) is 0.800. The molecule has 0 aliphatic carbocycles. The van der Waals surface area contributed by atoms with Crippen LogP contribution in [0.4, 0.5) is 0 Å². The third-order valence-corrected chi connectivity index (χ3v) is 4.97. The molecule has 0 amide bonds. The second kappa shape index (κ2) is 5.72. The Labute approximate surface area is 130 Å². The van der Waals surface area contributed by atoms with Crippen molar-refractivity contribution in [2.75, 3.05) is 14.2 Å². The van der Waals surface area contributed by atoms with E-state index in [0.717, 1.165) is 12.8 Å². The van der Waals surface area contributed by atoms with Crippen LogP contribution in [0.2, 0.25) is 0 Å². The van der Waals surface area contributed by atoms with Gasteiger partial charge in [-0.1, -0.05) is 18.2 Å². The molecule has 1 unspecified atom stereocenters. The molecule has 118 valence electrons. The Morgan fingerprint density at radius 2 is 1.73 bits per heavy atom. The number of fused-ring (bicyclic) bond motifs is 2. The summed E-state index contributed by atoms with van der Waals surface area (Å²) in [5, 5.41) is 0. The van der Waals surface area contributed by atoms with Crippen molar-refractivity contribution in [2.24, 2.45) is 0 Å². The lowest BCUT2D eigenvalue weighted by molar-refractivity contribution is -0.171. The summed E-state index contributed by atoms with van der Waals surface area (Å²) in [5.74, 6) is -0.906. The molecule has 5 heteroatoms. The molecule has 22 heavy (non-hydrogen) atoms. The highest BCUT2D eigenvalue weighted by Crippen LogP contribution is 2.42. The van der Waals surface area contributed by atoms with E-state index in [0.29, 0.717) is 18.4 Å². The average Bonchev–Trinajstić information content (AvgIpc) is 2.77. The lowest BCUT2D eigenvalue weighted by Crippen LogP contribution is -2.56. The van der Waals surface area contributed by atoms with Crippen molar-refractivity contribution < 1.29 is 19.1 Å². The zero-order valence-corrected chi connectivity index (χ0v) is 13.0. The van der Waals surface area contributed by atoms with Gasteiger partial charge in [0, 0.05) is 24.9 Å². The van der Waals surface area contributed by atoms with Gasteiger partial charge in [0.1, 0.15) is 0 Å². The SMILES string of the molecule is COC(=O)C1(OC(=O)c2ccccc2)C[C@H]2CC[C@@H](C1)N2C. The Bertz CT molecular complexity index is 557. The van der Waals surface area contributed by atoms with Crippen molar-refractivity contribution in [2.45, 2.75) is 43.4 Å². The van der Waals surface area contributed by atoms with Crippen LogP contribution in [0.5, 0.6) is 0 Å². The first-order valence-corrected chi connectivity index (χ1v) is 7.64. The molecule has 2 bridgehead atoms. The molecule has 3 atom stereocenters. The molecule has 0 N–H and O–H groups in total. The monoisotopic (exact) mass is 303 g/mol. The van der Waals surface area contributed by atoms with Crippen LogP contribution >= 0.6 is 0 Å². The Kier molecular flexibility index (Phi) is 3.91. The number of piperidine rings is 1. The summed E-state index contributed by atoms with van der Waals surface area (Å²) in [7, 11) is 3.42. The van der Waals surface area contributed by atoms with Crippen LogP contribution in [-0.4, -0.2) is 48.7 Å². The van der Waals surface area contributed by atoms with Crippen molar-refractivity contribution in [3.05, 3.63) is 35.9 Å². The number of esters is 2. The summed E-state index contributed by atoms with van der Waals surface area (Å²) in [6.07, 6.45) is 3.07. The van der Waals surface area contributed by atoms with E-state index in [1.807, 2.05) is 6.07 Å². The summed E-state index contributed by atoms with van der Waals surface area (Å²) in [5.41, 5.74) is -0.697. The van der Waals surface area contributed by atoms with Crippen molar-refractivity contribution >= 4 is 11.9 Å². The van der Waals surface area contributed by atoms with Crippen molar-refractivity contribution in [3.63, 3.8) is 0 Å². The number of carbonyl (C=O) groups is 2. The van der Waals surface area contributed by atoms with E-state index in [4.69, 9.17) is 9.47 Å². The average molecular weight is 303 g/mol. The van der Waals surface area contributed by atoms with Gasteiger partial charge in [0.2, 0.25) is 5.60 Å². The second-order valence-electron chi connectivity index (χ2n) is 6.20. The molecular weight excluding hydrogens is 282 g/mol. The normalized spacial score (nSPS) is 30.8. The maximum Gasteiger partial charge on any atom is 0.350 e. The number of rotatable bonds is 3. The molecule has 0 radical (unpaired) electrons. The predicted molar refractivity (Wildman–Crippen MR) is 80.4 cm³/mol. The van der Waals surface area contributed by atoms with Gasteiger partial charge in [-0.05, 0) is 32.0 Å². The third-order valence-electron chi connectivity index (χ3n) is 4.97. The number of carbonyl (C=O) groups excluding carboxylic acids is 2. The van der Waals surface area contributed by atoms with E-state index in [9.17, 15) is 9.59 Å². The van der Waals surface area contributed by atoms with Gasteiger partial charge in [0.15, 0.2) is 0 Å². The van der Waals surface area contributed by atoms with Gasteiger partial charge in [0.05, 0.1) is 12.7 Å². The Hall–Kier alpha value is -1.88. The molecule has 5 nitrogen and oxygen atoms in total. The zero-order chi connectivity index (χ0) is 15.7. The van der Waals surface area contributed by atoms with E-state index in [1.54, 1.807) is 24.3 Å². The first-order valence-electron chi connectivity index (χ1n) is 7.64. The first kappa shape index (κ1) is 15.0. The predicted octanol–water partition coefficient (Wildman–Crippen LogP) is 2.01. The second-order valence-corrected chi connectivity index (χ2v) is 6.20. The van der Waals surface area contributed by atoms with Crippen molar-refractivity contribution in [1.82, 2.24) is 4.90 Å². The van der Waals surface area contributed by atoms with E-state index in [2.05, 4.69) is 11.9 Å². The molecule has 0 aromatic heterocycles. The van der Waals surface area contributed by atoms with Crippen LogP contribution in [0.3, 0.4) is 0 Å². The van der Waals surface area contributed by atoms with Crippen LogP contribution < -0.4 is 0 Å². The van der Waals surface area contributed by atoms with E-state index in [1.165, 1.54) is 7.11 Å². The van der Waals surface area contributed by atoms with Gasteiger partial charge >= 0.3 is 11.9 Å². The summed E-state index contributed by atoms with van der Waals surface area (Å²) >= 11 is 0. The highest BCUT2D eigenvalue weighted by Gasteiger charge is 2.54. The summed E-state index contributed by atoms with van der Waals surface area (Å²) < 4.78 is 10.7. The largest absolute Gasteiger partial charge is 0.466 e. The molecule has 1 aromatic rings. The van der Waals surface area contributed by atoms with Gasteiger partial charge in [-0.25, -0.2) is 9.59 Å². The standard InChI is InChI=1S/C17H21NO4/c1-18-13-8-9-14(18)11-17(10-13,16(20)21-2)22-15(19)12-6-4-3-5-7-12/h3-7,13-14H,8-11H2,1-2H3/t13-,14+,17?. The number of hydrogen-bond acceptors (Lipinski definition) is 5. The zero-order valence-electron chi connectivity index (χ0n) is 13.0. The minimum absolute atomic E-state index is 0.265. The number of hydrogen-bond donors (Lipinski definition) is 0.